The summed E-state index contributed by atoms with van der Waals surface area (Å²) in [6, 6.07) is 5.81. The average molecular weight is 461 g/mol. The van der Waals surface area contributed by atoms with Crippen molar-refractivity contribution in [3.63, 3.8) is 0 Å². The summed E-state index contributed by atoms with van der Waals surface area (Å²) in [4.78, 5) is 6.38. The predicted molar refractivity (Wildman–Crippen MR) is 97.6 cm³/mol. The van der Waals surface area contributed by atoms with Gasteiger partial charge in [0.1, 0.15) is 5.75 Å². The first-order valence-electron chi connectivity index (χ1n) is 6.91. The molecule has 1 heterocycles. The molecule has 0 radical (unpaired) electrons. The summed E-state index contributed by atoms with van der Waals surface area (Å²) in [5.74, 6) is 2.43. The number of hydrogen-bond donors (Lipinski definition) is 1. The van der Waals surface area contributed by atoms with Crippen molar-refractivity contribution < 1.29 is 17.9 Å². The van der Waals surface area contributed by atoms with E-state index in [9.17, 15) is 13.2 Å². The van der Waals surface area contributed by atoms with Gasteiger partial charge in [0.2, 0.25) is 0 Å². The maximum Gasteiger partial charge on any atom is 0.573 e. The molecule has 1 aromatic rings. The molecule has 0 bridgehead atoms. The maximum absolute atomic E-state index is 12.1. The zero-order chi connectivity index (χ0) is 16.0. The lowest BCUT2D eigenvalue weighted by Gasteiger charge is -2.27. The third-order valence-corrected chi connectivity index (χ3v) is 4.11. The molecule has 2 N–H and O–H groups in total. The molecule has 1 fully saturated rings. The van der Waals surface area contributed by atoms with Crippen LogP contribution in [0.5, 0.6) is 5.75 Å². The minimum absolute atomic E-state index is 0. The van der Waals surface area contributed by atoms with Gasteiger partial charge in [0, 0.05) is 31.1 Å². The van der Waals surface area contributed by atoms with Gasteiger partial charge in [-0.15, -0.1) is 37.1 Å². The van der Waals surface area contributed by atoms with Gasteiger partial charge in [-0.3, -0.25) is 4.99 Å². The normalized spacial score (nSPS) is 16.0. The van der Waals surface area contributed by atoms with Crippen LogP contribution in [-0.4, -0.2) is 48.4 Å². The van der Waals surface area contributed by atoms with Gasteiger partial charge >= 0.3 is 6.36 Å². The molecular weight excluding hydrogens is 442 g/mol. The Bertz CT molecular complexity index is 505. The van der Waals surface area contributed by atoms with Gasteiger partial charge in [-0.25, -0.2) is 0 Å². The van der Waals surface area contributed by atoms with Crippen LogP contribution >= 0.6 is 35.7 Å². The molecule has 9 heteroatoms. The van der Waals surface area contributed by atoms with Crippen molar-refractivity contribution >= 4 is 41.7 Å². The second kappa shape index (κ2) is 9.45. The number of benzene rings is 1. The van der Waals surface area contributed by atoms with Gasteiger partial charge in [0.15, 0.2) is 5.96 Å². The van der Waals surface area contributed by atoms with Crippen molar-refractivity contribution in [3.8, 4) is 5.75 Å². The number of thioether (sulfide) groups is 1. The van der Waals surface area contributed by atoms with Crippen molar-refractivity contribution in [1.82, 2.24) is 4.90 Å². The van der Waals surface area contributed by atoms with Crippen LogP contribution in [0.2, 0.25) is 0 Å². The van der Waals surface area contributed by atoms with Crippen LogP contribution in [-0.2, 0) is 6.42 Å². The van der Waals surface area contributed by atoms with E-state index >= 15 is 0 Å². The molecule has 1 saturated heterocycles. The molecule has 0 saturated carbocycles. The Kier molecular flexibility index (Phi) is 8.31. The molecule has 1 aliphatic rings. The fourth-order valence-electron chi connectivity index (χ4n) is 2.05. The average Bonchev–Trinajstić information content (AvgIpc) is 2.48. The lowest BCUT2D eigenvalue weighted by molar-refractivity contribution is -0.274. The number of guanidine groups is 1. The Hall–Kier alpha value is -0.840. The van der Waals surface area contributed by atoms with Crippen LogP contribution in [0.4, 0.5) is 13.2 Å². The number of alkyl halides is 3. The smallest absolute Gasteiger partial charge is 0.406 e. The minimum Gasteiger partial charge on any atom is -0.406 e. The Morgan fingerprint density at radius 2 is 1.83 bits per heavy atom. The molecule has 1 aromatic carbocycles. The van der Waals surface area contributed by atoms with Gasteiger partial charge in [0.25, 0.3) is 0 Å². The number of aliphatic imine (C=N–C) groups is 1. The number of halogens is 4. The second-order valence-corrected chi connectivity index (χ2v) is 6.01. The van der Waals surface area contributed by atoms with Crippen molar-refractivity contribution in [2.45, 2.75) is 12.8 Å². The van der Waals surface area contributed by atoms with Gasteiger partial charge < -0.3 is 15.4 Å². The van der Waals surface area contributed by atoms with E-state index < -0.39 is 6.36 Å². The van der Waals surface area contributed by atoms with Gasteiger partial charge in [-0.2, -0.15) is 11.8 Å². The van der Waals surface area contributed by atoms with E-state index in [1.54, 1.807) is 12.1 Å². The highest BCUT2D eigenvalue weighted by molar-refractivity contribution is 14.0. The second-order valence-electron chi connectivity index (χ2n) is 4.78. The molecule has 0 unspecified atom stereocenters. The lowest BCUT2D eigenvalue weighted by atomic mass is 10.1. The monoisotopic (exact) mass is 461 g/mol. The molecule has 23 heavy (non-hydrogen) atoms. The molecule has 1 aliphatic heterocycles. The first kappa shape index (κ1) is 20.2. The SMILES string of the molecule is I.NC(=NCCc1ccc(OC(F)(F)F)cc1)N1CCSCC1. The highest BCUT2D eigenvalue weighted by Gasteiger charge is 2.30. The van der Waals surface area contributed by atoms with Crippen LogP contribution in [0.25, 0.3) is 0 Å². The van der Waals surface area contributed by atoms with Crippen molar-refractivity contribution in [3.05, 3.63) is 29.8 Å². The van der Waals surface area contributed by atoms with E-state index in [4.69, 9.17) is 5.73 Å². The molecular formula is C14H19F3IN3OS. The number of ether oxygens (including phenoxy) is 1. The molecule has 0 aliphatic carbocycles. The van der Waals surface area contributed by atoms with E-state index in [-0.39, 0.29) is 29.7 Å². The van der Waals surface area contributed by atoms with Crippen LogP contribution < -0.4 is 10.5 Å². The van der Waals surface area contributed by atoms with E-state index in [1.807, 2.05) is 11.8 Å². The number of rotatable bonds is 4. The minimum atomic E-state index is -4.66. The van der Waals surface area contributed by atoms with E-state index in [0.717, 1.165) is 30.2 Å². The molecule has 2 rings (SSSR count). The highest BCUT2D eigenvalue weighted by Crippen LogP contribution is 2.22. The van der Waals surface area contributed by atoms with Crippen LogP contribution in [0.3, 0.4) is 0 Å². The number of nitrogens with two attached hydrogens (primary N) is 1. The number of nitrogens with zero attached hydrogens (tertiary/aromatic N) is 2. The maximum atomic E-state index is 12.1. The van der Waals surface area contributed by atoms with Gasteiger partial charge in [-0.05, 0) is 24.1 Å². The third-order valence-electron chi connectivity index (χ3n) is 3.17. The zero-order valence-electron chi connectivity index (χ0n) is 12.4. The first-order chi connectivity index (χ1) is 10.4. The van der Waals surface area contributed by atoms with Crippen molar-refractivity contribution in [2.24, 2.45) is 10.7 Å². The molecule has 0 amide bonds. The van der Waals surface area contributed by atoms with Crippen LogP contribution in [0.1, 0.15) is 5.56 Å². The molecule has 4 nitrogen and oxygen atoms in total. The zero-order valence-corrected chi connectivity index (χ0v) is 15.5. The summed E-state index contributed by atoms with van der Waals surface area (Å²) in [6.07, 6.45) is -4.04. The quantitative estimate of drug-likeness (QED) is 0.426. The van der Waals surface area contributed by atoms with Gasteiger partial charge in [-0.1, -0.05) is 12.1 Å². The van der Waals surface area contributed by atoms with E-state index in [0.29, 0.717) is 18.9 Å². The van der Waals surface area contributed by atoms with Crippen molar-refractivity contribution in [1.29, 1.82) is 0 Å². The van der Waals surface area contributed by atoms with Crippen LogP contribution in [0.15, 0.2) is 29.3 Å². The fraction of sp³-hybridized carbons (Fsp3) is 0.500. The number of hydrogen-bond acceptors (Lipinski definition) is 3. The van der Waals surface area contributed by atoms with Crippen molar-refractivity contribution in [2.75, 3.05) is 31.1 Å². The summed E-state index contributed by atoms with van der Waals surface area (Å²) < 4.78 is 40.0. The van der Waals surface area contributed by atoms with E-state index in [1.165, 1.54) is 12.1 Å². The van der Waals surface area contributed by atoms with Gasteiger partial charge in [0.05, 0.1) is 0 Å². The molecule has 0 aromatic heterocycles. The standard InChI is InChI=1S/C14H18F3N3OS.HI/c15-14(16,17)21-12-3-1-11(2-4-12)5-6-19-13(18)20-7-9-22-10-8-20;/h1-4H,5-10H2,(H2,18,19);1H. The summed E-state index contributed by atoms with van der Waals surface area (Å²) >= 11 is 1.90. The fourth-order valence-corrected chi connectivity index (χ4v) is 2.95. The molecule has 0 spiro atoms. The largest absolute Gasteiger partial charge is 0.573 e. The summed E-state index contributed by atoms with van der Waals surface area (Å²) in [7, 11) is 0. The van der Waals surface area contributed by atoms with E-state index in [2.05, 4.69) is 14.6 Å². The topological polar surface area (TPSA) is 50.9 Å². The Morgan fingerprint density at radius 3 is 2.39 bits per heavy atom. The summed E-state index contributed by atoms with van der Waals surface area (Å²) in [6.45, 7) is 2.32. The molecule has 130 valence electrons. The third kappa shape index (κ3) is 7.51. The first-order valence-corrected chi connectivity index (χ1v) is 8.07. The Labute approximate surface area is 154 Å². The highest BCUT2D eigenvalue weighted by atomic mass is 127. The molecule has 0 atom stereocenters. The van der Waals surface area contributed by atoms with Crippen LogP contribution in [0, 0.1) is 0 Å². The summed E-state index contributed by atoms with van der Waals surface area (Å²) in [5.41, 5.74) is 6.82. The lowest BCUT2D eigenvalue weighted by Crippen LogP contribution is -2.42. The predicted octanol–water partition coefficient (Wildman–Crippen LogP) is 3.11. The Balaban J connectivity index is 0.00000264. The Morgan fingerprint density at radius 1 is 1.22 bits per heavy atom. The summed E-state index contributed by atoms with van der Waals surface area (Å²) in [5, 5.41) is 0.